The summed E-state index contributed by atoms with van der Waals surface area (Å²) in [6.45, 7) is 4.85. The fourth-order valence-electron chi connectivity index (χ4n) is 2.99. The molecule has 0 aromatic heterocycles. The molecule has 0 aliphatic rings. The number of carbonyl (C=O) groups is 3. The van der Waals surface area contributed by atoms with E-state index < -0.39 is 11.9 Å². The van der Waals surface area contributed by atoms with Gasteiger partial charge in [-0.15, -0.1) is 0 Å². The van der Waals surface area contributed by atoms with E-state index in [1.165, 1.54) is 43.5 Å². The molecule has 29 heavy (non-hydrogen) atoms. The molecule has 0 radical (unpaired) electrons. The lowest BCUT2D eigenvalue weighted by Crippen LogP contribution is -2.30. The Bertz CT molecular complexity index is 889. The van der Waals surface area contributed by atoms with Crippen molar-refractivity contribution in [1.82, 2.24) is 4.90 Å². The van der Waals surface area contributed by atoms with Gasteiger partial charge in [-0.3, -0.25) is 9.69 Å². The van der Waals surface area contributed by atoms with Crippen LogP contribution in [0.3, 0.4) is 0 Å². The standard InChI is InChI=1S/C22H26N2O5/c1-14-6-7-16(15(2)8-14)12-24(3)13-20(25)23-19-10-17(21(26)28-4)9-18(11-19)22(27)29-5/h6-11H,12-13H2,1-5H3,(H,23,25). The lowest BCUT2D eigenvalue weighted by molar-refractivity contribution is -0.117. The van der Waals surface area contributed by atoms with E-state index in [0.29, 0.717) is 12.2 Å². The summed E-state index contributed by atoms with van der Waals surface area (Å²) < 4.78 is 9.41. The lowest BCUT2D eigenvalue weighted by atomic mass is 10.1. The van der Waals surface area contributed by atoms with E-state index in [2.05, 4.69) is 17.4 Å². The number of esters is 2. The summed E-state index contributed by atoms with van der Waals surface area (Å²) in [5.41, 5.74) is 4.12. The van der Waals surface area contributed by atoms with Gasteiger partial charge < -0.3 is 14.8 Å². The van der Waals surface area contributed by atoms with Crippen molar-refractivity contribution >= 4 is 23.5 Å². The van der Waals surface area contributed by atoms with Crippen LogP contribution in [0.15, 0.2) is 36.4 Å². The summed E-state index contributed by atoms with van der Waals surface area (Å²) in [4.78, 5) is 38.1. The second-order valence-electron chi connectivity index (χ2n) is 6.93. The highest BCUT2D eigenvalue weighted by Gasteiger charge is 2.16. The molecule has 0 spiro atoms. The predicted octanol–water partition coefficient (Wildman–Crippen LogP) is 2.95. The molecule has 2 aromatic rings. The maximum absolute atomic E-state index is 12.5. The number of hydrogen-bond acceptors (Lipinski definition) is 6. The second-order valence-corrected chi connectivity index (χ2v) is 6.93. The van der Waals surface area contributed by atoms with Crippen LogP contribution in [0.25, 0.3) is 0 Å². The highest BCUT2D eigenvalue weighted by atomic mass is 16.5. The van der Waals surface area contributed by atoms with Crippen LogP contribution in [0, 0.1) is 13.8 Å². The van der Waals surface area contributed by atoms with Gasteiger partial charge in [0.2, 0.25) is 5.91 Å². The van der Waals surface area contributed by atoms with Crippen molar-refractivity contribution in [2.45, 2.75) is 20.4 Å². The molecule has 0 fully saturated rings. The second kappa shape index (κ2) is 9.84. The van der Waals surface area contributed by atoms with Crippen LogP contribution in [0.4, 0.5) is 5.69 Å². The number of amides is 1. The van der Waals surface area contributed by atoms with Gasteiger partial charge in [0, 0.05) is 12.2 Å². The van der Waals surface area contributed by atoms with Crippen LogP contribution in [-0.2, 0) is 20.8 Å². The molecule has 154 valence electrons. The van der Waals surface area contributed by atoms with Crippen molar-refractivity contribution in [3.63, 3.8) is 0 Å². The zero-order valence-electron chi connectivity index (χ0n) is 17.4. The Morgan fingerprint density at radius 1 is 0.931 bits per heavy atom. The Kier molecular flexibility index (Phi) is 7.50. The van der Waals surface area contributed by atoms with Crippen molar-refractivity contribution in [3.8, 4) is 0 Å². The molecular formula is C22H26N2O5. The number of benzene rings is 2. The fourth-order valence-corrected chi connectivity index (χ4v) is 2.99. The molecule has 0 unspecified atom stereocenters. The molecule has 1 amide bonds. The van der Waals surface area contributed by atoms with Gasteiger partial charge in [0.25, 0.3) is 0 Å². The Labute approximate surface area is 170 Å². The molecule has 0 aliphatic heterocycles. The molecule has 2 aromatic carbocycles. The van der Waals surface area contributed by atoms with E-state index in [1.54, 1.807) is 0 Å². The number of hydrogen-bond donors (Lipinski definition) is 1. The summed E-state index contributed by atoms with van der Waals surface area (Å²) in [6, 6.07) is 10.5. The molecular weight excluding hydrogens is 372 g/mol. The zero-order chi connectivity index (χ0) is 21.6. The molecule has 0 heterocycles. The Morgan fingerprint density at radius 2 is 1.52 bits per heavy atom. The monoisotopic (exact) mass is 398 g/mol. The summed E-state index contributed by atoms with van der Waals surface area (Å²) in [5, 5.41) is 2.72. The van der Waals surface area contributed by atoms with Gasteiger partial charge in [0.15, 0.2) is 0 Å². The summed E-state index contributed by atoms with van der Waals surface area (Å²) in [7, 11) is 4.34. The number of carbonyl (C=O) groups excluding carboxylic acids is 3. The number of nitrogens with zero attached hydrogens (tertiary/aromatic N) is 1. The van der Waals surface area contributed by atoms with Gasteiger partial charge in [0.05, 0.1) is 31.9 Å². The third-order valence-corrected chi connectivity index (χ3v) is 4.41. The molecule has 0 atom stereocenters. The van der Waals surface area contributed by atoms with Crippen molar-refractivity contribution in [2.24, 2.45) is 0 Å². The van der Waals surface area contributed by atoms with Crippen LogP contribution in [0.1, 0.15) is 37.4 Å². The number of rotatable bonds is 7. The average molecular weight is 398 g/mol. The third-order valence-electron chi connectivity index (χ3n) is 4.41. The smallest absolute Gasteiger partial charge is 0.337 e. The SMILES string of the molecule is COC(=O)c1cc(NC(=O)CN(C)Cc2ccc(C)cc2C)cc(C(=O)OC)c1. The minimum absolute atomic E-state index is 0.142. The third kappa shape index (κ3) is 6.15. The number of likely N-dealkylation sites (N-methyl/N-ethyl adjacent to an activating group) is 1. The van der Waals surface area contributed by atoms with Crippen molar-refractivity contribution in [3.05, 3.63) is 64.2 Å². The molecule has 0 saturated carbocycles. The Morgan fingerprint density at radius 3 is 2.03 bits per heavy atom. The van der Waals surface area contributed by atoms with E-state index >= 15 is 0 Å². The van der Waals surface area contributed by atoms with Gasteiger partial charge in [-0.25, -0.2) is 9.59 Å². The highest BCUT2D eigenvalue weighted by Crippen LogP contribution is 2.17. The first-order valence-corrected chi connectivity index (χ1v) is 9.09. The Hall–Kier alpha value is -3.19. The van der Waals surface area contributed by atoms with E-state index in [9.17, 15) is 14.4 Å². The van der Waals surface area contributed by atoms with Crippen LogP contribution < -0.4 is 5.32 Å². The molecule has 0 bridgehead atoms. The van der Waals surface area contributed by atoms with E-state index in [-0.39, 0.29) is 23.6 Å². The van der Waals surface area contributed by atoms with Gasteiger partial charge in [0.1, 0.15) is 0 Å². The molecule has 7 nitrogen and oxygen atoms in total. The predicted molar refractivity (Wildman–Crippen MR) is 110 cm³/mol. The fraction of sp³-hybridized carbons (Fsp3) is 0.318. The largest absolute Gasteiger partial charge is 0.465 e. The maximum Gasteiger partial charge on any atom is 0.337 e. The van der Waals surface area contributed by atoms with Crippen LogP contribution in [0.5, 0.6) is 0 Å². The minimum atomic E-state index is -0.613. The number of anilines is 1. The lowest BCUT2D eigenvalue weighted by Gasteiger charge is -2.18. The highest BCUT2D eigenvalue weighted by molar-refractivity contribution is 5.99. The Balaban J connectivity index is 2.10. The van der Waals surface area contributed by atoms with Crippen molar-refractivity contribution < 1.29 is 23.9 Å². The van der Waals surface area contributed by atoms with Crippen molar-refractivity contribution in [1.29, 1.82) is 0 Å². The van der Waals surface area contributed by atoms with Crippen LogP contribution in [0.2, 0.25) is 0 Å². The number of methoxy groups -OCH3 is 2. The number of nitrogens with one attached hydrogen (secondary N) is 1. The number of ether oxygens (including phenoxy) is 2. The van der Waals surface area contributed by atoms with E-state index in [1.807, 2.05) is 31.9 Å². The number of aryl methyl sites for hydroxylation is 2. The van der Waals surface area contributed by atoms with Gasteiger partial charge in [-0.1, -0.05) is 23.8 Å². The van der Waals surface area contributed by atoms with Gasteiger partial charge in [-0.2, -0.15) is 0 Å². The van der Waals surface area contributed by atoms with Crippen LogP contribution >= 0.6 is 0 Å². The molecule has 7 heteroatoms. The van der Waals surface area contributed by atoms with E-state index in [4.69, 9.17) is 9.47 Å². The van der Waals surface area contributed by atoms with Crippen LogP contribution in [-0.4, -0.2) is 50.6 Å². The topological polar surface area (TPSA) is 84.9 Å². The first kappa shape index (κ1) is 22.1. The molecule has 0 aliphatic carbocycles. The minimum Gasteiger partial charge on any atom is -0.465 e. The first-order valence-electron chi connectivity index (χ1n) is 9.09. The van der Waals surface area contributed by atoms with Gasteiger partial charge in [-0.05, 0) is 50.2 Å². The molecule has 2 rings (SSSR count). The average Bonchev–Trinajstić information content (AvgIpc) is 2.68. The van der Waals surface area contributed by atoms with Crippen molar-refractivity contribution in [2.75, 3.05) is 33.1 Å². The summed E-state index contributed by atoms with van der Waals surface area (Å²) >= 11 is 0. The summed E-state index contributed by atoms with van der Waals surface area (Å²) in [5.74, 6) is -1.49. The normalized spacial score (nSPS) is 10.6. The first-order chi connectivity index (χ1) is 13.7. The maximum atomic E-state index is 12.5. The quantitative estimate of drug-likeness (QED) is 0.722. The zero-order valence-corrected chi connectivity index (χ0v) is 17.4. The molecule has 1 N–H and O–H groups in total. The summed E-state index contributed by atoms with van der Waals surface area (Å²) in [6.07, 6.45) is 0. The van der Waals surface area contributed by atoms with Gasteiger partial charge >= 0.3 is 11.9 Å². The molecule has 0 saturated heterocycles. The van der Waals surface area contributed by atoms with E-state index in [0.717, 1.165) is 5.56 Å².